The van der Waals surface area contributed by atoms with Gasteiger partial charge in [0, 0.05) is 37.1 Å². The molecule has 1 aromatic heterocycles. The smallest absolute Gasteiger partial charge is 0.409 e. The number of carbonyl (C=O) groups is 1. The topological polar surface area (TPSA) is 82.4 Å². The molecule has 2 heterocycles. The Bertz CT molecular complexity index is 1630. The molecular weight excluding hydrogens is 569 g/mol. The van der Waals surface area contributed by atoms with Crippen LogP contribution in [-0.2, 0) is 6.54 Å². The van der Waals surface area contributed by atoms with Crippen molar-refractivity contribution in [3.8, 4) is 5.75 Å². The number of nitrogens with zero attached hydrogens (tertiary/aromatic N) is 2. The number of benzene rings is 2. The van der Waals surface area contributed by atoms with Gasteiger partial charge in [0.2, 0.25) is 0 Å². The van der Waals surface area contributed by atoms with Crippen molar-refractivity contribution in [1.82, 2.24) is 20.3 Å². The minimum absolute atomic E-state index is 0.00116. The average molecular weight is 602 g/mol. The molecule has 12 heteroatoms. The van der Waals surface area contributed by atoms with E-state index in [1.807, 2.05) is 0 Å². The Morgan fingerprint density at radius 2 is 1.91 bits per heavy atom. The van der Waals surface area contributed by atoms with Crippen LogP contribution >= 0.6 is 0 Å². The van der Waals surface area contributed by atoms with Crippen LogP contribution in [0.25, 0.3) is 5.57 Å². The molecule has 3 N–H and O–H groups in total. The van der Waals surface area contributed by atoms with Crippen LogP contribution in [0.1, 0.15) is 58.4 Å². The van der Waals surface area contributed by atoms with Gasteiger partial charge in [0.25, 0.3) is 5.91 Å². The molecule has 0 radical (unpaired) electrons. The van der Waals surface area contributed by atoms with E-state index in [9.17, 15) is 26.7 Å². The van der Waals surface area contributed by atoms with Crippen molar-refractivity contribution in [2.24, 2.45) is 5.92 Å². The lowest BCUT2D eigenvalue weighted by Crippen LogP contribution is -2.43. The van der Waals surface area contributed by atoms with E-state index in [1.165, 1.54) is 53.3 Å². The number of hydrogen-bond donors (Lipinski definition) is 3. The van der Waals surface area contributed by atoms with Gasteiger partial charge in [-0.25, -0.2) is 14.2 Å². The number of pyridine rings is 1. The van der Waals surface area contributed by atoms with Gasteiger partial charge >= 0.3 is 6.18 Å². The number of rotatable bonds is 9. The Balaban J connectivity index is 1.64. The van der Waals surface area contributed by atoms with Crippen LogP contribution in [0.15, 0.2) is 54.9 Å². The van der Waals surface area contributed by atoms with Gasteiger partial charge < -0.3 is 19.6 Å². The fourth-order valence-electron chi connectivity index (χ4n) is 5.36. The molecule has 0 bridgehead atoms. The quantitative estimate of drug-likeness (QED) is 0.279. The first-order valence-electron chi connectivity index (χ1n) is 13.9. The van der Waals surface area contributed by atoms with Crippen molar-refractivity contribution in [2.45, 2.75) is 51.5 Å². The fraction of sp³-hybridized carbons (Fsp3) is 0.355. The maximum atomic E-state index is 14.2. The summed E-state index contributed by atoms with van der Waals surface area (Å²) in [6, 6.07) is 7.64. The number of amides is 1. The Morgan fingerprint density at radius 1 is 1.16 bits per heavy atom. The van der Waals surface area contributed by atoms with E-state index < -0.39 is 35.5 Å². The van der Waals surface area contributed by atoms with Crippen LogP contribution in [-0.4, -0.2) is 41.4 Å². The van der Waals surface area contributed by atoms with Gasteiger partial charge in [-0.05, 0) is 79.6 Å². The van der Waals surface area contributed by atoms with Crippen LogP contribution < -0.4 is 21.0 Å². The van der Waals surface area contributed by atoms with Gasteiger partial charge in [-0.1, -0.05) is 12.1 Å². The van der Waals surface area contributed by atoms with Crippen LogP contribution in [0.3, 0.4) is 0 Å². The molecule has 7 nitrogen and oxygen atoms in total. The van der Waals surface area contributed by atoms with E-state index in [2.05, 4.69) is 10.7 Å². The molecule has 0 saturated heterocycles. The third kappa shape index (κ3) is 6.43. The molecular formula is C31H32F5N5O2. The summed E-state index contributed by atoms with van der Waals surface area (Å²) >= 11 is 0. The average Bonchev–Trinajstić information content (AvgIpc) is 3.71. The molecule has 2 aliphatic rings. The summed E-state index contributed by atoms with van der Waals surface area (Å²) in [5.74, 6) is -1.63. The van der Waals surface area contributed by atoms with Gasteiger partial charge in [-0.3, -0.25) is 10.2 Å². The Hall–Kier alpha value is -4.19. The molecule has 228 valence electrons. The molecule has 1 aliphatic heterocycles. The van der Waals surface area contributed by atoms with Crippen LogP contribution in [0.5, 0.6) is 5.75 Å². The Labute approximate surface area is 245 Å². The van der Waals surface area contributed by atoms with Crippen molar-refractivity contribution in [1.29, 1.82) is 5.41 Å². The van der Waals surface area contributed by atoms with Crippen molar-refractivity contribution in [2.75, 3.05) is 13.7 Å². The number of nitrogens with one attached hydrogen (secondary N) is 3. The number of halogens is 5. The summed E-state index contributed by atoms with van der Waals surface area (Å²) in [7, 11) is 1.43. The van der Waals surface area contributed by atoms with E-state index in [4.69, 9.17) is 10.1 Å². The lowest BCUT2D eigenvalue weighted by molar-refractivity contribution is -0.146. The second-order valence-corrected chi connectivity index (χ2v) is 10.9. The fourth-order valence-corrected chi connectivity index (χ4v) is 5.36. The lowest BCUT2D eigenvalue weighted by atomic mass is 9.93. The maximum Gasteiger partial charge on any atom is 0.409 e. The number of carbonyl (C=O) groups excluding carboxylic acids is 1. The second kappa shape index (κ2) is 11.8. The minimum Gasteiger partial charge on any atom is -0.492 e. The number of aryl methyl sites for hydroxylation is 1. The molecule has 1 saturated carbocycles. The van der Waals surface area contributed by atoms with E-state index in [0.29, 0.717) is 11.1 Å². The number of alkyl halides is 3. The zero-order chi connectivity index (χ0) is 31.1. The summed E-state index contributed by atoms with van der Waals surface area (Å²) in [6.45, 7) is 3.28. The predicted octanol–water partition coefficient (Wildman–Crippen LogP) is 5.60. The molecule has 0 unspecified atom stereocenters. The molecule has 1 aliphatic carbocycles. The number of hydrazine groups is 1. The lowest BCUT2D eigenvalue weighted by Gasteiger charge is -2.24. The van der Waals surface area contributed by atoms with Gasteiger partial charge in [-0.15, -0.1) is 0 Å². The van der Waals surface area contributed by atoms with E-state index >= 15 is 0 Å². The summed E-state index contributed by atoms with van der Waals surface area (Å²) in [5, 5.41) is 12.3. The highest BCUT2D eigenvalue weighted by Crippen LogP contribution is 2.43. The molecule has 1 amide bonds. The molecule has 2 aromatic carbocycles. The van der Waals surface area contributed by atoms with Gasteiger partial charge in [0.05, 0.1) is 18.2 Å². The third-order valence-electron chi connectivity index (χ3n) is 7.59. The summed E-state index contributed by atoms with van der Waals surface area (Å²) in [5.41, 5.74) is 3.37. The zero-order valence-electron chi connectivity index (χ0n) is 23.9. The zero-order valence-corrected chi connectivity index (χ0v) is 23.9. The number of aromatic nitrogens is 1. The van der Waals surface area contributed by atoms with Crippen LogP contribution in [0.2, 0.25) is 0 Å². The highest BCUT2D eigenvalue weighted by atomic mass is 19.4. The molecule has 5 rings (SSSR count). The summed E-state index contributed by atoms with van der Waals surface area (Å²) < 4.78 is 77.8. The van der Waals surface area contributed by atoms with Gasteiger partial charge in [-0.2, -0.15) is 13.2 Å². The maximum absolute atomic E-state index is 14.2. The molecule has 0 spiro atoms. The first kappa shape index (κ1) is 30.3. The van der Waals surface area contributed by atoms with Crippen molar-refractivity contribution >= 4 is 11.5 Å². The normalized spacial score (nSPS) is 17.5. The molecule has 2 atom stereocenters. The van der Waals surface area contributed by atoms with E-state index in [0.717, 1.165) is 24.5 Å². The summed E-state index contributed by atoms with van der Waals surface area (Å²) in [4.78, 5) is 14.0. The molecule has 1 fully saturated rings. The van der Waals surface area contributed by atoms with Gasteiger partial charge in [0.1, 0.15) is 17.6 Å². The van der Waals surface area contributed by atoms with Crippen LogP contribution in [0.4, 0.5) is 22.0 Å². The standard InChI is InChI=1S/C31H32F5N5O2/c1-4-43-27-21(23-16-40(3)39-28(23)31(34,35)36)13-18(15-41-11-5-6-25(33)29(41)37)14-22(27)30(42)38-26(19-7-8-19)20-9-10-24(32)17(2)12-20/h5-6,9-14,16,19,26,28,37,39H,4,7-8,15H2,1-3H3,(H,38,42)/t26-,28-/m0/s1. The number of hydrogen-bond acceptors (Lipinski definition) is 5. The third-order valence-corrected chi connectivity index (χ3v) is 7.59. The molecule has 3 aromatic rings. The van der Waals surface area contributed by atoms with Crippen molar-refractivity contribution in [3.63, 3.8) is 0 Å². The monoisotopic (exact) mass is 601 g/mol. The first-order valence-corrected chi connectivity index (χ1v) is 13.9. The summed E-state index contributed by atoms with van der Waals surface area (Å²) in [6.07, 6.45) is -0.191. The largest absolute Gasteiger partial charge is 0.492 e. The highest BCUT2D eigenvalue weighted by Gasteiger charge is 2.47. The van der Waals surface area contributed by atoms with Crippen LogP contribution in [0, 0.1) is 29.9 Å². The molecule has 43 heavy (non-hydrogen) atoms. The highest BCUT2D eigenvalue weighted by molar-refractivity contribution is 5.99. The Kier molecular flexibility index (Phi) is 8.33. The predicted molar refractivity (Wildman–Crippen MR) is 150 cm³/mol. The second-order valence-electron chi connectivity index (χ2n) is 10.9. The first-order chi connectivity index (χ1) is 20.4. The van der Waals surface area contributed by atoms with E-state index in [1.54, 1.807) is 26.0 Å². The number of ether oxygens (including phenoxy) is 1. The Morgan fingerprint density at radius 3 is 2.56 bits per heavy atom. The SMILES string of the molecule is CCOc1c(C(=O)N[C@H](c2ccc(F)c(C)c2)C2CC2)cc(Cn2cccc(F)c2=N)cc1C1=CN(C)N[C@@H]1C(F)(F)F. The minimum atomic E-state index is -4.67. The van der Waals surface area contributed by atoms with Crippen molar-refractivity contribution in [3.05, 3.63) is 99.8 Å². The van der Waals surface area contributed by atoms with Gasteiger partial charge in [0.15, 0.2) is 11.3 Å². The van der Waals surface area contributed by atoms with E-state index in [-0.39, 0.29) is 47.3 Å². The van der Waals surface area contributed by atoms with Crippen molar-refractivity contribution < 1.29 is 31.5 Å².